The monoisotopic (exact) mass is 356 g/mol. The average molecular weight is 357 g/mol. The van der Waals surface area contributed by atoms with Crippen molar-refractivity contribution in [2.45, 2.75) is 69.7 Å². The van der Waals surface area contributed by atoms with Crippen LogP contribution in [0.3, 0.4) is 0 Å². The molecule has 1 amide bonds. The largest absolute Gasteiger partial charge is 0.354 e. The Morgan fingerprint density at radius 2 is 1.69 bits per heavy atom. The number of fused-ring (bicyclic) bond motifs is 1. The Labute approximate surface area is 157 Å². The van der Waals surface area contributed by atoms with Gasteiger partial charge in [0.25, 0.3) is 0 Å². The number of likely N-dealkylation sites (N-methyl/N-ethyl adjacent to an activating group) is 1. The summed E-state index contributed by atoms with van der Waals surface area (Å²) in [6, 6.07) is 6.08. The maximum Gasteiger partial charge on any atom is 0.220 e. The van der Waals surface area contributed by atoms with E-state index >= 15 is 0 Å². The molecule has 1 aromatic carbocycles. The van der Waals surface area contributed by atoms with Gasteiger partial charge in [-0.2, -0.15) is 0 Å². The molecule has 0 spiro atoms. The van der Waals surface area contributed by atoms with Gasteiger partial charge in [-0.3, -0.25) is 9.59 Å². The van der Waals surface area contributed by atoms with E-state index in [4.69, 9.17) is 0 Å². The van der Waals surface area contributed by atoms with E-state index in [1.807, 2.05) is 12.1 Å². The molecule has 4 nitrogen and oxygen atoms in total. The molecule has 0 atom stereocenters. The first-order valence-corrected chi connectivity index (χ1v) is 10.1. The Hall–Kier alpha value is -1.68. The van der Waals surface area contributed by atoms with Gasteiger partial charge in [0, 0.05) is 30.5 Å². The standard InChI is InChI=1S/C22H32N2O2/c1-24(2)22(13-5-6-14-22)16-23-21(26)12-11-20(25)19-10-9-17-7-3-4-8-18(17)15-19/h9-10,15H,3-8,11-14,16H2,1-2H3,(H,23,26). The van der Waals surface area contributed by atoms with Gasteiger partial charge >= 0.3 is 0 Å². The van der Waals surface area contributed by atoms with Gasteiger partial charge in [0.1, 0.15) is 0 Å². The van der Waals surface area contributed by atoms with Crippen LogP contribution in [0.4, 0.5) is 0 Å². The van der Waals surface area contributed by atoms with Gasteiger partial charge < -0.3 is 10.2 Å². The molecule has 3 rings (SSSR count). The first-order chi connectivity index (χ1) is 12.5. The summed E-state index contributed by atoms with van der Waals surface area (Å²) in [5, 5.41) is 3.07. The number of hydrogen-bond acceptors (Lipinski definition) is 3. The Bertz CT molecular complexity index is 660. The van der Waals surface area contributed by atoms with Crippen molar-refractivity contribution in [2.24, 2.45) is 0 Å². The number of amides is 1. The van der Waals surface area contributed by atoms with Crippen LogP contribution in [0.2, 0.25) is 0 Å². The second kappa shape index (κ2) is 8.34. The third-order valence-electron chi connectivity index (χ3n) is 6.35. The number of aryl methyl sites for hydroxylation is 2. The lowest BCUT2D eigenvalue weighted by molar-refractivity contribution is -0.121. The van der Waals surface area contributed by atoms with Crippen molar-refractivity contribution in [1.82, 2.24) is 10.2 Å². The van der Waals surface area contributed by atoms with E-state index in [1.165, 1.54) is 36.8 Å². The molecule has 1 N–H and O–H groups in total. The molecular formula is C22H32N2O2. The van der Waals surface area contributed by atoms with E-state index in [9.17, 15) is 9.59 Å². The van der Waals surface area contributed by atoms with E-state index < -0.39 is 0 Å². The van der Waals surface area contributed by atoms with E-state index in [-0.39, 0.29) is 23.7 Å². The van der Waals surface area contributed by atoms with Gasteiger partial charge in [-0.1, -0.05) is 25.0 Å². The van der Waals surface area contributed by atoms with Crippen molar-refractivity contribution >= 4 is 11.7 Å². The number of benzene rings is 1. The zero-order chi connectivity index (χ0) is 18.6. The van der Waals surface area contributed by atoms with Crippen LogP contribution in [-0.2, 0) is 17.6 Å². The van der Waals surface area contributed by atoms with Crippen LogP contribution in [-0.4, -0.2) is 42.8 Å². The molecule has 1 saturated carbocycles. The van der Waals surface area contributed by atoms with Crippen LogP contribution in [0.1, 0.15) is 72.9 Å². The van der Waals surface area contributed by atoms with Gasteiger partial charge in [0.2, 0.25) is 5.91 Å². The maximum absolute atomic E-state index is 12.5. The highest BCUT2D eigenvalue weighted by atomic mass is 16.2. The SMILES string of the molecule is CN(C)C1(CNC(=O)CCC(=O)c2ccc3c(c2)CCCC3)CCCC1. The van der Waals surface area contributed by atoms with Gasteiger partial charge in [-0.15, -0.1) is 0 Å². The van der Waals surface area contributed by atoms with E-state index in [2.05, 4.69) is 30.4 Å². The Balaban J connectivity index is 1.49. The van der Waals surface area contributed by atoms with Crippen molar-refractivity contribution in [3.05, 3.63) is 34.9 Å². The highest BCUT2D eigenvalue weighted by Gasteiger charge is 2.36. The smallest absolute Gasteiger partial charge is 0.220 e. The van der Waals surface area contributed by atoms with Gasteiger partial charge in [-0.25, -0.2) is 0 Å². The molecule has 2 aliphatic rings. The van der Waals surface area contributed by atoms with Crippen molar-refractivity contribution in [3.63, 3.8) is 0 Å². The summed E-state index contributed by atoms with van der Waals surface area (Å²) < 4.78 is 0. The zero-order valence-corrected chi connectivity index (χ0v) is 16.3. The predicted octanol–water partition coefficient (Wildman–Crippen LogP) is 3.52. The minimum Gasteiger partial charge on any atom is -0.354 e. The summed E-state index contributed by atoms with van der Waals surface area (Å²) in [6.45, 7) is 0.686. The highest BCUT2D eigenvalue weighted by Crippen LogP contribution is 2.33. The fourth-order valence-corrected chi connectivity index (χ4v) is 4.45. The lowest BCUT2D eigenvalue weighted by atomic mass is 9.89. The quantitative estimate of drug-likeness (QED) is 0.761. The van der Waals surface area contributed by atoms with Crippen molar-refractivity contribution in [3.8, 4) is 0 Å². The Kier molecular flexibility index (Phi) is 6.13. The van der Waals surface area contributed by atoms with Crippen molar-refractivity contribution in [1.29, 1.82) is 0 Å². The van der Waals surface area contributed by atoms with Crippen LogP contribution in [0.25, 0.3) is 0 Å². The molecule has 0 aliphatic heterocycles. The first kappa shape index (κ1) is 19.1. The minimum absolute atomic E-state index is 0.00978. The third kappa shape index (κ3) is 4.35. The minimum atomic E-state index is -0.00978. The second-order valence-corrected chi connectivity index (χ2v) is 8.22. The number of carbonyl (C=O) groups excluding carboxylic acids is 2. The van der Waals surface area contributed by atoms with E-state index in [0.29, 0.717) is 13.0 Å². The number of Topliss-reactive ketones (excluding diaryl/α,β-unsaturated/α-hetero) is 1. The topological polar surface area (TPSA) is 49.4 Å². The maximum atomic E-state index is 12.5. The summed E-state index contributed by atoms with van der Waals surface area (Å²) in [5.74, 6) is 0.0705. The summed E-state index contributed by atoms with van der Waals surface area (Å²) in [7, 11) is 4.19. The van der Waals surface area contributed by atoms with Crippen LogP contribution >= 0.6 is 0 Å². The van der Waals surface area contributed by atoms with Crippen molar-refractivity contribution < 1.29 is 9.59 Å². The molecule has 1 aromatic rings. The fourth-order valence-electron chi connectivity index (χ4n) is 4.45. The lowest BCUT2D eigenvalue weighted by Crippen LogP contribution is -2.50. The third-order valence-corrected chi connectivity index (χ3v) is 6.35. The molecule has 1 fully saturated rings. The number of nitrogens with zero attached hydrogens (tertiary/aromatic N) is 1. The van der Waals surface area contributed by atoms with Gasteiger partial charge in [0.15, 0.2) is 5.78 Å². The molecule has 0 saturated heterocycles. The molecule has 4 heteroatoms. The summed E-state index contributed by atoms with van der Waals surface area (Å²) in [6.07, 6.45) is 9.94. The van der Waals surface area contributed by atoms with Crippen LogP contribution in [0, 0.1) is 0 Å². The fraction of sp³-hybridized carbons (Fsp3) is 0.636. The molecule has 142 valence electrons. The number of carbonyl (C=O) groups is 2. The Morgan fingerprint density at radius 3 is 2.38 bits per heavy atom. The summed E-state index contributed by atoms with van der Waals surface area (Å²) in [5.41, 5.74) is 3.56. The zero-order valence-electron chi connectivity index (χ0n) is 16.3. The molecule has 26 heavy (non-hydrogen) atoms. The number of ketones is 1. The molecule has 0 radical (unpaired) electrons. The lowest BCUT2D eigenvalue weighted by Gasteiger charge is -2.36. The first-order valence-electron chi connectivity index (χ1n) is 10.1. The van der Waals surface area contributed by atoms with Crippen LogP contribution < -0.4 is 5.32 Å². The number of nitrogens with one attached hydrogen (secondary N) is 1. The van der Waals surface area contributed by atoms with Gasteiger partial charge in [-0.05, 0) is 69.8 Å². The van der Waals surface area contributed by atoms with E-state index in [0.717, 1.165) is 31.2 Å². The average Bonchev–Trinajstić information content (AvgIpc) is 3.14. The number of rotatable bonds is 7. The molecule has 0 aromatic heterocycles. The van der Waals surface area contributed by atoms with Crippen molar-refractivity contribution in [2.75, 3.05) is 20.6 Å². The normalized spacial score (nSPS) is 18.6. The highest BCUT2D eigenvalue weighted by molar-refractivity contribution is 5.98. The number of hydrogen-bond donors (Lipinski definition) is 1. The van der Waals surface area contributed by atoms with E-state index in [1.54, 1.807) is 0 Å². The molecule has 0 bridgehead atoms. The Morgan fingerprint density at radius 1 is 1.00 bits per heavy atom. The van der Waals surface area contributed by atoms with Crippen LogP contribution in [0.15, 0.2) is 18.2 Å². The molecule has 0 heterocycles. The van der Waals surface area contributed by atoms with Gasteiger partial charge in [0.05, 0.1) is 0 Å². The second-order valence-electron chi connectivity index (χ2n) is 8.22. The summed E-state index contributed by atoms with van der Waals surface area (Å²) in [4.78, 5) is 27.0. The summed E-state index contributed by atoms with van der Waals surface area (Å²) >= 11 is 0. The van der Waals surface area contributed by atoms with Crippen LogP contribution in [0.5, 0.6) is 0 Å². The predicted molar refractivity (Wildman–Crippen MR) is 105 cm³/mol. The molecule has 2 aliphatic carbocycles. The molecule has 0 unspecified atom stereocenters. The molecular weight excluding hydrogens is 324 g/mol.